The molecule has 2 unspecified atom stereocenters. The molecule has 1 rings (SSSR count). The molecule has 1 aliphatic rings. The highest BCUT2D eigenvalue weighted by atomic mass is 28.4. The average Bonchev–Trinajstić information content (AvgIpc) is 2.55. The topological polar surface area (TPSA) is 59.0 Å². The molecule has 1 fully saturated rings. The van der Waals surface area contributed by atoms with Crippen molar-refractivity contribution in [2.75, 3.05) is 13.1 Å². The van der Waals surface area contributed by atoms with Crippen LogP contribution in [-0.2, 0) is 9.16 Å². The molecule has 0 spiro atoms. The van der Waals surface area contributed by atoms with Gasteiger partial charge in [0.05, 0.1) is 25.3 Å². The molecule has 124 valence electrons. The monoisotopic (exact) mass is 317 g/mol. The molecule has 2 atom stereocenters. The number of hydrogen-bond donors (Lipinski definition) is 1. The Balaban J connectivity index is 2.67. The highest BCUT2D eigenvalue weighted by Gasteiger charge is 2.44. The number of likely N-dealkylation sites (tertiary alicyclic amines) is 1. The van der Waals surface area contributed by atoms with Gasteiger partial charge < -0.3 is 19.2 Å². The molecule has 0 bridgehead atoms. The van der Waals surface area contributed by atoms with Gasteiger partial charge in [0.15, 0.2) is 8.32 Å². The molecule has 0 saturated carbocycles. The van der Waals surface area contributed by atoms with E-state index in [1.807, 2.05) is 20.8 Å². The number of hydrogen-bond acceptors (Lipinski definition) is 4. The molecule has 1 saturated heterocycles. The molecular weight excluding hydrogens is 286 g/mol. The summed E-state index contributed by atoms with van der Waals surface area (Å²) in [6.07, 6.45) is -1.35. The Morgan fingerprint density at radius 3 is 2.10 bits per heavy atom. The van der Waals surface area contributed by atoms with Crippen LogP contribution in [0.3, 0.4) is 0 Å². The predicted octanol–water partition coefficient (Wildman–Crippen LogP) is 2.99. The number of ether oxygens (including phenoxy) is 1. The van der Waals surface area contributed by atoms with Crippen molar-refractivity contribution in [1.82, 2.24) is 4.90 Å². The fraction of sp³-hybridized carbons (Fsp3) is 0.933. The summed E-state index contributed by atoms with van der Waals surface area (Å²) in [6.45, 7) is 16.9. The summed E-state index contributed by atoms with van der Waals surface area (Å²) in [4.78, 5) is 13.6. The molecule has 6 heteroatoms. The Bertz CT molecular complexity index is 384. The standard InChI is InChI=1S/C15H31NO4Si/c1-14(2,3)19-13(18)16-9-11(17)12(10-16)20-21(7,8)15(4,5)6/h11-12,17H,9-10H2,1-8H3. The van der Waals surface area contributed by atoms with Gasteiger partial charge in [-0.15, -0.1) is 0 Å². The van der Waals surface area contributed by atoms with Crippen LogP contribution in [0.4, 0.5) is 4.79 Å². The van der Waals surface area contributed by atoms with E-state index in [2.05, 4.69) is 33.9 Å². The number of aliphatic hydroxyl groups excluding tert-OH is 1. The molecule has 1 amide bonds. The molecule has 21 heavy (non-hydrogen) atoms. The van der Waals surface area contributed by atoms with Crippen LogP contribution < -0.4 is 0 Å². The minimum absolute atomic E-state index is 0.0755. The van der Waals surface area contributed by atoms with Gasteiger partial charge in [-0.3, -0.25) is 0 Å². The SMILES string of the molecule is CC(C)(C)OC(=O)N1CC(O)C(O[Si](C)(C)C(C)(C)C)C1. The van der Waals surface area contributed by atoms with Crippen molar-refractivity contribution in [2.24, 2.45) is 0 Å². The van der Waals surface area contributed by atoms with E-state index in [0.717, 1.165) is 0 Å². The van der Waals surface area contributed by atoms with Gasteiger partial charge in [0, 0.05) is 0 Å². The molecule has 0 radical (unpaired) electrons. The smallest absolute Gasteiger partial charge is 0.410 e. The predicted molar refractivity (Wildman–Crippen MR) is 85.9 cm³/mol. The number of aliphatic hydroxyl groups is 1. The second kappa shape index (κ2) is 5.89. The normalized spacial score (nSPS) is 24.3. The Morgan fingerprint density at radius 2 is 1.67 bits per heavy atom. The first kappa shape index (κ1) is 18.5. The lowest BCUT2D eigenvalue weighted by Crippen LogP contribution is -2.47. The summed E-state index contributed by atoms with van der Waals surface area (Å²) in [5.74, 6) is 0. The quantitative estimate of drug-likeness (QED) is 0.795. The number of carbonyl (C=O) groups is 1. The van der Waals surface area contributed by atoms with Crippen molar-refractivity contribution >= 4 is 14.4 Å². The number of β-amino-alcohol motifs (C(OH)–C–C–N with tert-alkyl or cyclic N) is 1. The summed E-state index contributed by atoms with van der Waals surface area (Å²) in [5, 5.41) is 10.3. The van der Waals surface area contributed by atoms with Crippen LogP contribution >= 0.6 is 0 Å². The molecule has 0 aromatic heterocycles. The van der Waals surface area contributed by atoms with E-state index in [1.54, 1.807) is 0 Å². The van der Waals surface area contributed by atoms with Crippen LogP contribution in [0, 0.1) is 0 Å². The van der Waals surface area contributed by atoms with E-state index < -0.39 is 20.0 Å². The third kappa shape index (κ3) is 4.97. The van der Waals surface area contributed by atoms with Gasteiger partial charge in [-0.2, -0.15) is 0 Å². The average molecular weight is 318 g/mol. The van der Waals surface area contributed by atoms with Crippen LogP contribution in [0.15, 0.2) is 0 Å². The Labute approximate surface area is 129 Å². The van der Waals surface area contributed by atoms with Crippen molar-refractivity contribution in [2.45, 2.75) is 77.5 Å². The van der Waals surface area contributed by atoms with Crippen molar-refractivity contribution in [3.63, 3.8) is 0 Å². The fourth-order valence-corrected chi connectivity index (χ4v) is 3.25. The first-order valence-electron chi connectivity index (χ1n) is 7.57. The lowest BCUT2D eigenvalue weighted by molar-refractivity contribution is 0.0268. The maximum absolute atomic E-state index is 12.1. The van der Waals surface area contributed by atoms with Gasteiger partial charge >= 0.3 is 6.09 Å². The van der Waals surface area contributed by atoms with E-state index in [9.17, 15) is 9.90 Å². The zero-order valence-corrected chi connectivity index (χ0v) is 15.7. The third-order valence-corrected chi connectivity index (χ3v) is 8.65. The first-order chi connectivity index (χ1) is 9.23. The van der Waals surface area contributed by atoms with Crippen LogP contribution in [0.25, 0.3) is 0 Å². The van der Waals surface area contributed by atoms with E-state index >= 15 is 0 Å². The van der Waals surface area contributed by atoms with E-state index in [-0.39, 0.29) is 23.8 Å². The van der Waals surface area contributed by atoms with Gasteiger partial charge in [0.1, 0.15) is 5.60 Å². The van der Waals surface area contributed by atoms with E-state index in [0.29, 0.717) is 6.54 Å². The maximum Gasteiger partial charge on any atom is 0.410 e. The zero-order valence-electron chi connectivity index (χ0n) is 14.7. The summed E-state index contributed by atoms with van der Waals surface area (Å²) >= 11 is 0. The molecule has 0 aliphatic carbocycles. The number of amides is 1. The largest absolute Gasteiger partial charge is 0.444 e. The van der Waals surface area contributed by atoms with E-state index in [4.69, 9.17) is 9.16 Å². The molecule has 0 aromatic carbocycles. The Hall–Kier alpha value is -0.593. The first-order valence-corrected chi connectivity index (χ1v) is 10.5. The van der Waals surface area contributed by atoms with Crippen LogP contribution in [0.2, 0.25) is 18.1 Å². The third-order valence-electron chi connectivity index (χ3n) is 4.14. The zero-order chi connectivity index (χ0) is 16.6. The highest BCUT2D eigenvalue weighted by Crippen LogP contribution is 2.38. The molecule has 1 aliphatic heterocycles. The van der Waals surface area contributed by atoms with Crippen molar-refractivity contribution in [3.05, 3.63) is 0 Å². The van der Waals surface area contributed by atoms with Crippen molar-refractivity contribution in [1.29, 1.82) is 0 Å². The minimum atomic E-state index is -1.96. The van der Waals surface area contributed by atoms with Gasteiger partial charge in [0.2, 0.25) is 0 Å². The summed E-state index contributed by atoms with van der Waals surface area (Å²) in [5.41, 5.74) is -0.527. The van der Waals surface area contributed by atoms with Gasteiger partial charge in [-0.05, 0) is 38.9 Å². The number of carbonyl (C=O) groups excluding carboxylic acids is 1. The second-order valence-electron chi connectivity index (χ2n) is 8.37. The van der Waals surface area contributed by atoms with Crippen molar-refractivity contribution < 1.29 is 19.1 Å². The summed E-state index contributed by atoms with van der Waals surface area (Å²) < 4.78 is 11.6. The fourth-order valence-electron chi connectivity index (χ4n) is 1.90. The Kier molecular flexibility index (Phi) is 5.18. The van der Waals surface area contributed by atoms with Gasteiger partial charge in [-0.25, -0.2) is 4.79 Å². The van der Waals surface area contributed by atoms with E-state index in [1.165, 1.54) is 4.90 Å². The van der Waals surface area contributed by atoms with Gasteiger partial charge in [0.25, 0.3) is 0 Å². The summed E-state index contributed by atoms with van der Waals surface area (Å²) in [6, 6.07) is 0. The molecule has 1 N–H and O–H groups in total. The van der Waals surface area contributed by atoms with Crippen LogP contribution in [0.5, 0.6) is 0 Å². The molecular formula is C15H31NO4Si. The molecule has 5 nitrogen and oxygen atoms in total. The lowest BCUT2D eigenvalue weighted by Gasteiger charge is -2.38. The minimum Gasteiger partial charge on any atom is -0.444 e. The lowest BCUT2D eigenvalue weighted by atomic mass is 10.2. The number of rotatable bonds is 2. The van der Waals surface area contributed by atoms with Crippen LogP contribution in [-0.4, -0.2) is 55.3 Å². The number of nitrogens with zero attached hydrogens (tertiary/aromatic N) is 1. The molecule has 0 aromatic rings. The maximum atomic E-state index is 12.1. The highest BCUT2D eigenvalue weighted by molar-refractivity contribution is 6.74. The van der Waals surface area contributed by atoms with Crippen LogP contribution in [0.1, 0.15) is 41.5 Å². The van der Waals surface area contributed by atoms with Crippen molar-refractivity contribution in [3.8, 4) is 0 Å². The Morgan fingerprint density at radius 1 is 1.14 bits per heavy atom. The van der Waals surface area contributed by atoms with Gasteiger partial charge in [-0.1, -0.05) is 20.8 Å². The second-order valence-corrected chi connectivity index (χ2v) is 13.1. The molecule has 1 heterocycles. The summed E-state index contributed by atoms with van der Waals surface area (Å²) in [7, 11) is -1.96.